The number of thiophene rings is 1. The van der Waals surface area contributed by atoms with E-state index in [9.17, 15) is 9.59 Å². The van der Waals surface area contributed by atoms with Crippen LogP contribution >= 0.6 is 22.9 Å². The van der Waals surface area contributed by atoms with E-state index >= 15 is 0 Å². The summed E-state index contributed by atoms with van der Waals surface area (Å²) in [5.41, 5.74) is 1.63. The number of benzene rings is 2. The van der Waals surface area contributed by atoms with Gasteiger partial charge in [0.2, 0.25) is 5.91 Å². The Balaban J connectivity index is 1.50. The molecule has 0 radical (unpaired) electrons. The highest BCUT2D eigenvalue weighted by Crippen LogP contribution is 2.35. The third-order valence-corrected chi connectivity index (χ3v) is 7.37. The van der Waals surface area contributed by atoms with Crippen molar-refractivity contribution in [3.63, 3.8) is 0 Å². The average Bonchev–Trinajstić information content (AvgIpc) is 3.39. The molecule has 1 aliphatic heterocycles. The number of nitrogens with one attached hydrogen (secondary N) is 1. The SMILES string of the molecule is COCCN(CC(=O)N1CCc2sccc2[C@H]1COc1ccccc1OC)C(=O)Nc1cccc(Cl)c1. The molecular formula is C27H30ClN3O5S. The van der Waals surface area contributed by atoms with Gasteiger partial charge in [0.05, 0.1) is 19.8 Å². The predicted octanol–water partition coefficient (Wildman–Crippen LogP) is 5.10. The monoisotopic (exact) mass is 543 g/mol. The Morgan fingerprint density at radius 1 is 1.14 bits per heavy atom. The molecular weight excluding hydrogens is 514 g/mol. The number of rotatable bonds is 10. The molecule has 0 saturated carbocycles. The second-order valence-corrected chi connectivity index (χ2v) is 9.91. The van der Waals surface area contributed by atoms with E-state index in [2.05, 4.69) is 5.32 Å². The second-order valence-electron chi connectivity index (χ2n) is 8.47. The fraction of sp³-hybridized carbons (Fsp3) is 0.333. The number of urea groups is 1. The zero-order valence-electron chi connectivity index (χ0n) is 20.8. The van der Waals surface area contributed by atoms with Crippen LogP contribution in [0.4, 0.5) is 10.5 Å². The summed E-state index contributed by atoms with van der Waals surface area (Å²) < 4.78 is 16.7. The number of carbonyl (C=O) groups excluding carboxylic acids is 2. The van der Waals surface area contributed by atoms with Gasteiger partial charge in [-0.1, -0.05) is 29.8 Å². The molecule has 1 atom stereocenters. The highest BCUT2D eigenvalue weighted by molar-refractivity contribution is 7.10. The molecule has 4 rings (SSSR count). The maximum absolute atomic E-state index is 13.6. The summed E-state index contributed by atoms with van der Waals surface area (Å²) in [7, 11) is 3.15. The zero-order chi connectivity index (χ0) is 26.2. The van der Waals surface area contributed by atoms with Crippen LogP contribution < -0.4 is 14.8 Å². The van der Waals surface area contributed by atoms with E-state index in [-0.39, 0.29) is 31.6 Å². The molecule has 10 heteroatoms. The van der Waals surface area contributed by atoms with Crippen LogP contribution in [-0.4, -0.2) is 68.8 Å². The Bertz CT molecular complexity index is 1220. The van der Waals surface area contributed by atoms with Crippen molar-refractivity contribution in [2.45, 2.75) is 12.5 Å². The van der Waals surface area contributed by atoms with Gasteiger partial charge < -0.3 is 29.3 Å². The van der Waals surface area contributed by atoms with Crippen molar-refractivity contribution in [1.82, 2.24) is 9.80 Å². The molecule has 8 nitrogen and oxygen atoms in total. The molecule has 37 heavy (non-hydrogen) atoms. The number of anilines is 1. The molecule has 2 heterocycles. The van der Waals surface area contributed by atoms with Crippen molar-refractivity contribution < 1.29 is 23.8 Å². The molecule has 2 aromatic carbocycles. The third-order valence-electron chi connectivity index (χ3n) is 6.14. The lowest BCUT2D eigenvalue weighted by molar-refractivity contribution is -0.135. The molecule has 3 aromatic rings. The minimum absolute atomic E-state index is 0.0968. The number of fused-ring (bicyclic) bond motifs is 1. The van der Waals surface area contributed by atoms with Crippen LogP contribution in [0, 0.1) is 0 Å². The van der Waals surface area contributed by atoms with Crippen LogP contribution in [0.1, 0.15) is 16.5 Å². The van der Waals surface area contributed by atoms with Crippen molar-refractivity contribution in [2.24, 2.45) is 0 Å². The number of para-hydroxylation sites is 2. The molecule has 0 saturated heterocycles. The third kappa shape index (κ3) is 6.74. The normalized spacial score (nSPS) is 14.6. The topological polar surface area (TPSA) is 80.3 Å². The van der Waals surface area contributed by atoms with Crippen molar-refractivity contribution >= 4 is 40.6 Å². The van der Waals surface area contributed by atoms with Gasteiger partial charge in [0.25, 0.3) is 0 Å². The number of hydrogen-bond donors (Lipinski definition) is 1. The Hall–Kier alpha value is -3.27. The van der Waals surface area contributed by atoms with Crippen molar-refractivity contribution in [3.05, 3.63) is 75.4 Å². The summed E-state index contributed by atoms with van der Waals surface area (Å²) in [4.78, 5) is 31.2. The molecule has 0 fully saturated rings. The van der Waals surface area contributed by atoms with Gasteiger partial charge in [-0.05, 0) is 53.8 Å². The molecule has 0 aliphatic carbocycles. The van der Waals surface area contributed by atoms with Crippen molar-refractivity contribution in [1.29, 1.82) is 0 Å². The van der Waals surface area contributed by atoms with E-state index in [0.29, 0.717) is 35.4 Å². The Labute approximate surface area is 225 Å². The first-order valence-electron chi connectivity index (χ1n) is 11.9. The first kappa shape index (κ1) is 26.8. The zero-order valence-corrected chi connectivity index (χ0v) is 22.4. The Kier molecular flexibility index (Phi) is 9.27. The maximum atomic E-state index is 13.6. The van der Waals surface area contributed by atoms with E-state index in [1.54, 1.807) is 54.7 Å². The van der Waals surface area contributed by atoms with Crippen molar-refractivity contribution in [3.8, 4) is 11.5 Å². The summed E-state index contributed by atoms with van der Waals surface area (Å²) >= 11 is 7.74. The lowest BCUT2D eigenvalue weighted by atomic mass is 10.0. The molecule has 196 valence electrons. The van der Waals surface area contributed by atoms with Gasteiger partial charge in [0.15, 0.2) is 11.5 Å². The number of amides is 3. The summed E-state index contributed by atoms with van der Waals surface area (Å²) in [5, 5.41) is 5.37. The smallest absolute Gasteiger partial charge is 0.322 e. The van der Waals surface area contributed by atoms with Gasteiger partial charge in [-0.3, -0.25) is 4.79 Å². The minimum Gasteiger partial charge on any atom is -0.493 e. The summed E-state index contributed by atoms with van der Waals surface area (Å²) in [6.45, 7) is 1.27. The van der Waals surface area contributed by atoms with Crippen LogP contribution in [0.5, 0.6) is 11.5 Å². The molecule has 0 unspecified atom stereocenters. The molecule has 0 bridgehead atoms. The molecule has 1 aliphatic rings. The number of ether oxygens (including phenoxy) is 3. The Morgan fingerprint density at radius 2 is 1.95 bits per heavy atom. The van der Waals surface area contributed by atoms with Gasteiger partial charge in [-0.15, -0.1) is 11.3 Å². The highest BCUT2D eigenvalue weighted by atomic mass is 35.5. The molecule has 3 amide bonds. The fourth-order valence-electron chi connectivity index (χ4n) is 4.26. The van der Waals surface area contributed by atoms with E-state index in [1.165, 1.54) is 9.78 Å². The van der Waals surface area contributed by atoms with Crippen molar-refractivity contribution in [2.75, 3.05) is 52.4 Å². The fourth-order valence-corrected chi connectivity index (χ4v) is 5.38. The van der Waals surface area contributed by atoms with Gasteiger partial charge in [-0.25, -0.2) is 4.79 Å². The first-order chi connectivity index (χ1) is 18.0. The summed E-state index contributed by atoms with van der Waals surface area (Å²) in [6.07, 6.45) is 0.761. The summed E-state index contributed by atoms with van der Waals surface area (Å²) in [5.74, 6) is 1.08. The van der Waals surface area contributed by atoms with Crippen LogP contribution in [0.3, 0.4) is 0 Å². The first-order valence-corrected chi connectivity index (χ1v) is 13.2. The van der Waals surface area contributed by atoms with Crippen LogP contribution in [0.2, 0.25) is 5.02 Å². The van der Waals surface area contributed by atoms with Gasteiger partial charge in [0, 0.05) is 35.8 Å². The standard InChI is InChI=1S/C27H30ClN3O5S/c1-34-14-13-30(27(33)29-20-7-5-6-19(28)16-20)17-26(32)31-12-10-25-21(11-15-37-25)22(31)18-36-24-9-4-3-8-23(24)35-2/h3-9,11,15-16,22H,10,12-14,17-18H2,1-2H3,(H,29,33)/t22-/m1/s1. The lowest BCUT2D eigenvalue weighted by Gasteiger charge is -2.37. The number of carbonyl (C=O) groups is 2. The highest BCUT2D eigenvalue weighted by Gasteiger charge is 2.33. The quantitative estimate of drug-likeness (QED) is 0.385. The van der Waals surface area contributed by atoms with E-state index < -0.39 is 6.03 Å². The lowest BCUT2D eigenvalue weighted by Crippen LogP contribution is -2.49. The van der Waals surface area contributed by atoms with Crippen LogP contribution in [0.25, 0.3) is 0 Å². The number of nitrogens with zero attached hydrogens (tertiary/aromatic N) is 2. The van der Waals surface area contributed by atoms with E-state index in [0.717, 1.165) is 12.0 Å². The Morgan fingerprint density at radius 3 is 2.70 bits per heavy atom. The average molecular weight is 544 g/mol. The van der Waals surface area contributed by atoms with Crippen LogP contribution in [0.15, 0.2) is 60.0 Å². The largest absolute Gasteiger partial charge is 0.493 e. The number of halogens is 1. The predicted molar refractivity (Wildman–Crippen MR) is 145 cm³/mol. The van der Waals surface area contributed by atoms with E-state index in [4.69, 9.17) is 25.8 Å². The maximum Gasteiger partial charge on any atom is 0.322 e. The minimum atomic E-state index is -0.400. The second kappa shape index (κ2) is 12.8. The summed E-state index contributed by atoms with van der Waals surface area (Å²) in [6, 6.07) is 15.7. The number of methoxy groups -OCH3 is 2. The molecule has 1 aromatic heterocycles. The van der Waals surface area contributed by atoms with E-state index in [1.807, 2.05) is 35.7 Å². The van der Waals surface area contributed by atoms with Gasteiger partial charge >= 0.3 is 6.03 Å². The van der Waals surface area contributed by atoms with Gasteiger partial charge in [-0.2, -0.15) is 0 Å². The van der Waals surface area contributed by atoms with Gasteiger partial charge in [0.1, 0.15) is 13.2 Å². The molecule has 0 spiro atoms. The molecule has 1 N–H and O–H groups in total. The van der Waals surface area contributed by atoms with Crippen LogP contribution in [-0.2, 0) is 16.0 Å². The number of hydrogen-bond acceptors (Lipinski definition) is 6.